The summed E-state index contributed by atoms with van der Waals surface area (Å²) >= 11 is 6.17. The fraction of sp³-hybridized carbons (Fsp3) is 0.0556. The predicted octanol–water partition coefficient (Wildman–Crippen LogP) is 3.68. The van der Waals surface area contributed by atoms with Crippen LogP contribution >= 0.6 is 11.6 Å². The molecule has 0 aliphatic rings. The summed E-state index contributed by atoms with van der Waals surface area (Å²) in [6.45, 7) is 1.37. The number of nitrogens with one attached hydrogen (secondary N) is 2. The molecule has 0 bridgehead atoms. The Hall–Kier alpha value is -3.17. The Morgan fingerprint density at radius 1 is 1.04 bits per heavy atom. The number of amides is 1. The molecular formula is C18H15ClN4O4S. The summed E-state index contributed by atoms with van der Waals surface area (Å²) in [6.07, 6.45) is 3.05. The summed E-state index contributed by atoms with van der Waals surface area (Å²) in [6, 6.07) is 12.0. The number of halogens is 1. The third kappa shape index (κ3) is 4.96. The molecule has 0 radical (unpaired) electrons. The normalized spacial score (nSPS) is 10.9. The van der Waals surface area contributed by atoms with Crippen LogP contribution in [0.2, 0.25) is 5.02 Å². The van der Waals surface area contributed by atoms with Crippen molar-refractivity contribution in [2.24, 2.45) is 0 Å². The molecule has 1 amide bonds. The zero-order chi connectivity index (χ0) is 20.1. The van der Waals surface area contributed by atoms with Crippen molar-refractivity contribution in [1.82, 2.24) is 9.97 Å². The van der Waals surface area contributed by atoms with E-state index in [4.69, 9.17) is 16.3 Å². The van der Waals surface area contributed by atoms with E-state index in [1.807, 2.05) is 0 Å². The number of carbonyl (C=O) groups is 1. The van der Waals surface area contributed by atoms with Crippen molar-refractivity contribution in [3.63, 3.8) is 0 Å². The fourth-order valence-corrected chi connectivity index (χ4v) is 3.49. The monoisotopic (exact) mass is 418 g/mol. The van der Waals surface area contributed by atoms with Crippen LogP contribution in [0.1, 0.15) is 6.92 Å². The highest BCUT2D eigenvalue weighted by atomic mass is 35.5. The molecule has 2 aromatic carbocycles. The number of sulfonamides is 1. The van der Waals surface area contributed by atoms with E-state index in [-0.39, 0.29) is 33.3 Å². The molecular weight excluding hydrogens is 404 g/mol. The summed E-state index contributed by atoms with van der Waals surface area (Å²) in [4.78, 5) is 18.9. The Morgan fingerprint density at radius 2 is 1.68 bits per heavy atom. The average Bonchev–Trinajstić information content (AvgIpc) is 2.64. The van der Waals surface area contributed by atoms with Crippen LogP contribution in [0.25, 0.3) is 0 Å². The molecule has 1 heterocycles. The van der Waals surface area contributed by atoms with Gasteiger partial charge in [0, 0.05) is 25.0 Å². The minimum Gasteiger partial charge on any atom is -0.423 e. The number of rotatable bonds is 6. The van der Waals surface area contributed by atoms with Crippen LogP contribution in [0.5, 0.6) is 11.8 Å². The molecule has 3 aromatic rings. The van der Waals surface area contributed by atoms with Gasteiger partial charge in [-0.25, -0.2) is 18.4 Å². The summed E-state index contributed by atoms with van der Waals surface area (Å²) < 4.78 is 33.0. The van der Waals surface area contributed by atoms with Crippen LogP contribution in [0, 0.1) is 0 Å². The van der Waals surface area contributed by atoms with Gasteiger partial charge in [-0.1, -0.05) is 11.6 Å². The van der Waals surface area contributed by atoms with E-state index >= 15 is 0 Å². The first kappa shape index (κ1) is 19.6. The van der Waals surface area contributed by atoms with E-state index in [1.54, 1.807) is 6.07 Å². The predicted molar refractivity (Wildman–Crippen MR) is 105 cm³/mol. The van der Waals surface area contributed by atoms with Gasteiger partial charge in [0.1, 0.15) is 5.75 Å². The van der Waals surface area contributed by atoms with Crippen molar-refractivity contribution in [1.29, 1.82) is 0 Å². The number of aromatic nitrogens is 2. The molecule has 8 nitrogen and oxygen atoms in total. The van der Waals surface area contributed by atoms with Gasteiger partial charge in [0.15, 0.2) is 0 Å². The fourth-order valence-electron chi connectivity index (χ4n) is 2.22. The first-order chi connectivity index (χ1) is 13.3. The highest BCUT2D eigenvalue weighted by Crippen LogP contribution is 2.31. The van der Waals surface area contributed by atoms with Gasteiger partial charge in [0.25, 0.3) is 10.0 Å². The first-order valence-electron chi connectivity index (χ1n) is 7.98. The largest absolute Gasteiger partial charge is 0.423 e. The summed E-state index contributed by atoms with van der Waals surface area (Å²) in [7, 11) is -3.83. The molecule has 0 aliphatic heterocycles. The molecule has 28 heavy (non-hydrogen) atoms. The lowest BCUT2D eigenvalue weighted by molar-refractivity contribution is -0.114. The second-order valence-corrected chi connectivity index (χ2v) is 7.68. The number of carbonyl (C=O) groups excluding carboxylic acids is 1. The Balaban J connectivity index is 1.75. The van der Waals surface area contributed by atoms with Crippen molar-refractivity contribution in [3.05, 3.63) is 65.9 Å². The highest BCUT2D eigenvalue weighted by molar-refractivity contribution is 7.92. The molecule has 2 N–H and O–H groups in total. The lowest BCUT2D eigenvalue weighted by Gasteiger charge is -2.11. The van der Waals surface area contributed by atoms with Crippen molar-refractivity contribution < 1.29 is 17.9 Å². The molecule has 0 fully saturated rings. The minimum absolute atomic E-state index is 0.0377. The second kappa shape index (κ2) is 8.24. The van der Waals surface area contributed by atoms with E-state index in [0.717, 1.165) is 0 Å². The van der Waals surface area contributed by atoms with E-state index in [2.05, 4.69) is 20.0 Å². The smallest absolute Gasteiger partial charge is 0.321 e. The van der Waals surface area contributed by atoms with Crippen molar-refractivity contribution in [3.8, 4) is 11.8 Å². The molecule has 3 rings (SSSR count). The molecule has 0 saturated heterocycles. The van der Waals surface area contributed by atoms with Crippen molar-refractivity contribution in [2.75, 3.05) is 10.0 Å². The Morgan fingerprint density at radius 3 is 2.29 bits per heavy atom. The maximum Gasteiger partial charge on any atom is 0.321 e. The van der Waals surface area contributed by atoms with Crippen LogP contribution in [-0.4, -0.2) is 24.3 Å². The number of anilines is 2. The molecule has 0 unspecified atom stereocenters. The van der Waals surface area contributed by atoms with Crippen molar-refractivity contribution in [2.45, 2.75) is 11.8 Å². The van der Waals surface area contributed by atoms with Gasteiger partial charge >= 0.3 is 6.01 Å². The van der Waals surface area contributed by atoms with E-state index in [1.165, 1.54) is 61.8 Å². The summed E-state index contributed by atoms with van der Waals surface area (Å²) in [5, 5.41) is 2.76. The minimum atomic E-state index is -3.83. The van der Waals surface area contributed by atoms with Gasteiger partial charge in [-0.05, 0) is 48.5 Å². The van der Waals surface area contributed by atoms with E-state index in [0.29, 0.717) is 5.69 Å². The van der Waals surface area contributed by atoms with E-state index < -0.39 is 10.0 Å². The third-order valence-electron chi connectivity index (χ3n) is 3.41. The van der Waals surface area contributed by atoms with Crippen LogP contribution in [-0.2, 0) is 14.8 Å². The number of nitrogens with zero attached hydrogens (tertiary/aromatic N) is 2. The van der Waals surface area contributed by atoms with Gasteiger partial charge in [-0.3, -0.25) is 9.52 Å². The Labute approximate surface area is 166 Å². The zero-order valence-corrected chi connectivity index (χ0v) is 16.2. The van der Waals surface area contributed by atoms with Crippen molar-refractivity contribution >= 4 is 38.9 Å². The van der Waals surface area contributed by atoms with Gasteiger partial charge in [-0.2, -0.15) is 0 Å². The second-order valence-electron chi connectivity index (χ2n) is 5.59. The van der Waals surface area contributed by atoms with Gasteiger partial charge in [0.2, 0.25) is 5.91 Å². The topological polar surface area (TPSA) is 110 Å². The quantitative estimate of drug-likeness (QED) is 0.631. The maximum absolute atomic E-state index is 12.5. The molecule has 0 saturated carbocycles. The molecule has 1 aromatic heterocycles. The SMILES string of the molecule is CC(=O)Nc1ccc(S(=O)(=O)Nc2ccc(Oc3ncccn3)c(Cl)c2)cc1. The molecule has 10 heteroatoms. The third-order valence-corrected chi connectivity index (χ3v) is 5.10. The summed E-state index contributed by atoms with van der Waals surface area (Å²) in [5.41, 5.74) is 0.761. The van der Waals surface area contributed by atoms with Crippen LogP contribution in [0.3, 0.4) is 0 Å². The van der Waals surface area contributed by atoms with Gasteiger partial charge in [-0.15, -0.1) is 0 Å². The molecule has 144 valence electrons. The zero-order valence-electron chi connectivity index (χ0n) is 14.6. The van der Waals surface area contributed by atoms with Crippen LogP contribution in [0.15, 0.2) is 65.8 Å². The van der Waals surface area contributed by atoms with Gasteiger partial charge < -0.3 is 10.1 Å². The van der Waals surface area contributed by atoms with E-state index in [9.17, 15) is 13.2 Å². The Kier molecular flexibility index (Phi) is 5.76. The molecule has 0 atom stereocenters. The molecule has 0 spiro atoms. The van der Waals surface area contributed by atoms with Gasteiger partial charge in [0.05, 0.1) is 15.6 Å². The molecule has 0 aliphatic carbocycles. The number of benzene rings is 2. The first-order valence-corrected chi connectivity index (χ1v) is 9.84. The highest BCUT2D eigenvalue weighted by Gasteiger charge is 2.15. The van der Waals surface area contributed by atoms with Crippen LogP contribution in [0.4, 0.5) is 11.4 Å². The number of hydrogen-bond donors (Lipinski definition) is 2. The number of hydrogen-bond acceptors (Lipinski definition) is 6. The summed E-state index contributed by atoms with van der Waals surface area (Å²) in [5.74, 6) is 0.0436. The van der Waals surface area contributed by atoms with Crippen LogP contribution < -0.4 is 14.8 Å². The average molecular weight is 419 g/mol. The standard InChI is InChI=1S/C18H15ClN4O4S/c1-12(24)22-13-3-6-15(7-4-13)28(25,26)23-14-5-8-17(16(19)11-14)27-18-20-9-2-10-21-18/h2-11,23H,1H3,(H,22,24). The lowest BCUT2D eigenvalue weighted by atomic mass is 10.3. The Bertz CT molecular complexity index is 1090. The number of ether oxygens (including phenoxy) is 1. The lowest BCUT2D eigenvalue weighted by Crippen LogP contribution is -2.13. The maximum atomic E-state index is 12.5.